The van der Waals surface area contributed by atoms with Crippen molar-refractivity contribution in [1.82, 2.24) is 67.5 Å². The molecule has 4 heterocycles. The number of aromatic amines is 1. The number of phenols is 1. The third-order valence-electron chi connectivity index (χ3n) is 20.9. The molecule has 3 aliphatic rings. The highest BCUT2D eigenvalue weighted by Crippen LogP contribution is 2.29. The Morgan fingerprint density at radius 2 is 1.18 bits per heavy atom. The number of nitrogens with one attached hydrogen (secondary N) is 10. The second-order valence-corrected chi connectivity index (χ2v) is 32.6. The number of aliphatic carboxylic acids is 2. The Kier molecular flexibility index (Phi) is 37.4. The van der Waals surface area contributed by atoms with Crippen LogP contribution in [0.1, 0.15) is 182 Å². The van der Waals surface area contributed by atoms with Gasteiger partial charge in [-0.2, -0.15) is 0 Å². The molecule has 0 unspecified atom stereocenters. The lowest BCUT2D eigenvalue weighted by atomic mass is 9.85. The average molecular weight is 1670 g/mol. The van der Waals surface area contributed by atoms with Gasteiger partial charge in [0.1, 0.15) is 78.3 Å². The molecular weight excluding hydrogens is 1550 g/mol. The van der Waals surface area contributed by atoms with Crippen molar-refractivity contribution in [3.63, 3.8) is 0 Å². The second kappa shape index (κ2) is 46.1. The number of carbonyl (C=O) groups is 16. The third-order valence-corrected chi connectivity index (χ3v) is 20.9. The molecule has 14 amide bonds. The number of guanidine groups is 1. The van der Waals surface area contributed by atoms with E-state index in [2.05, 4.69) is 57.8 Å². The Labute approximate surface area is 691 Å². The Balaban J connectivity index is 1.42. The minimum atomic E-state index is -2.01. The summed E-state index contributed by atoms with van der Waals surface area (Å²) in [5.74, 6) is -18.1. The molecular formula is C80H122N20O19. The summed E-state index contributed by atoms with van der Waals surface area (Å²) in [6.07, 6.45) is -1.84. The molecule has 0 spiro atoms. The molecule has 39 nitrogen and oxygen atoms in total. The number of nitrogens with zero attached hydrogens (tertiary/aromatic N) is 4. The largest absolute Gasteiger partial charge is 0.508 e. The first-order valence-electron chi connectivity index (χ1n) is 40.7. The monoisotopic (exact) mass is 1670 g/mol. The fraction of sp³-hybridized carbons (Fsp3) is 0.613. The van der Waals surface area contributed by atoms with Crippen molar-refractivity contribution in [2.45, 2.75) is 262 Å². The number of para-hydroxylation sites is 1. The first-order valence-corrected chi connectivity index (χ1v) is 40.7. The molecule has 3 aromatic rings. The van der Waals surface area contributed by atoms with Gasteiger partial charge in [-0.25, -0.2) is 0 Å². The number of aromatic nitrogens is 1. The van der Waals surface area contributed by atoms with E-state index in [1.54, 1.807) is 60.7 Å². The summed E-state index contributed by atoms with van der Waals surface area (Å²) in [5.41, 5.74) is 35.7. The maximum absolute atomic E-state index is 16.4. The molecule has 3 aliphatic heterocycles. The standard InChI is InChI=1S/C80H122N20O19/c1-43(2)37-54(92-66(107)49(83)28-30-63(103)104)68(109)93-55(39-45-24-26-47(101)27-25-45)69(110)89-51(29-31-64(105)106)67(108)94-57(41-62(84)102)70(111)90-52(19-10-12-32-81)76(117)99-36-16-23-61(99)78(119)100-60(21-14-34-87-79(85)86)73(114)91-53(20-11-13-33-82)75(116)98-35-15-22-59(98)72(113)95-56(40-46-42-88-50-18-9-8-17-48(46)50)71(112)97-65(80(5,6)7)74(115)96-58(77(100)118)38-44(3)4/h8-9,17-18,24-27,42-44,49,51-61,65,88,101H,10-16,19-23,28-41,81-83H2,1-7H3,(H2,84,102)(H,89,110)(H,90,111)(H,91,114)(H,92,107)(H,93,109)(H,94,108)(H,95,113)(H,96,115)(H,97,112)(H,103,104)(H,105,106)(H4,85,86,87)/t49-,51-,52-,53-,54-,55-,56-,57-,58-,59-,60-,61-,65+/m0/s1. The summed E-state index contributed by atoms with van der Waals surface area (Å²) >= 11 is 0. The van der Waals surface area contributed by atoms with Crippen LogP contribution in [-0.4, -0.2) is 247 Å². The van der Waals surface area contributed by atoms with E-state index in [0.717, 1.165) is 15.8 Å². The molecule has 656 valence electrons. The fourth-order valence-corrected chi connectivity index (χ4v) is 14.7. The number of likely N-dealkylation sites (tertiary alicyclic amines) is 1. The van der Waals surface area contributed by atoms with Crippen molar-refractivity contribution in [2.75, 3.05) is 32.7 Å². The number of carbonyl (C=O) groups excluding carboxylic acids is 14. The zero-order valence-corrected chi connectivity index (χ0v) is 68.9. The van der Waals surface area contributed by atoms with Gasteiger partial charge in [-0.05, 0) is 162 Å². The van der Waals surface area contributed by atoms with Crippen LogP contribution in [0.3, 0.4) is 0 Å². The quantitative estimate of drug-likeness (QED) is 0.0128. The first-order chi connectivity index (χ1) is 56.2. The SMILES string of the molecule is CC(C)C[C@H](NC(=O)[C@@H](N)CCC(=O)O)C(=O)N[C@@H](Cc1ccc(O)cc1)C(=O)N[C@@H](CCC(=O)O)C(=O)N[C@@H](CC(N)=O)C(=O)N[C@@H](CCCCN)C(=O)N1CCC[C@H]1C(=O)N1C(=O)[C@H](CC(C)C)NC(=O)[C@H](C(C)(C)C)NC(=O)[C@H](Cc2c[nH]c3ccccc23)NC(=O)[C@@H]2CCCN2C(=O)[C@H](CCCCN)NC(=O)[C@@H]1CCCN=C(N)N. The van der Waals surface area contributed by atoms with Crippen molar-refractivity contribution >= 4 is 112 Å². The smallest absolute Gasteiger partial charge is 0.303 e. The number of benzene rings is 2. The van der Waals surface area contributed by atoms with Gasteiger partial charge in [0, 0.05) is 62.4 Å². The molecule has 1 aromatic heterocycles. The van der Waals surface area contributed by atoms with Crippen LogP contribution in [0.15, 0.2) is 59.7 Å². The van der Waals surface area contributed by atoms with E-state index in [1.807, 2.05) is 18.2 Å². The number of hydrogen-bond donors (Lipinski definition) is 19. The molecule has 39 heteroatoms. The van der Waals surface area contributed by atoms with E-state index in [4.69, 9.17) is 34.4 Å². The van der Waals surface area contributed by atoms with Crippen LogP contribution in [0.4, 0.5) is 0 Å². The molecule has 2 aromatic carbocycles. The number of hydrogen-bond acceptors (Lipinski definition) is 21. The molecule has 0 bridgehead atoms. The lowest BCUT2D eigenvalue weighted by molar-refractivity contribution is -0.159. The normalized spacial score (nSPS) is 20.5. The number of imide groups is 1. The van der Waals surface area contributed by atoms with Gasteiger partial charge in [0.2, 0.25) is 70.9 Å². The predicted molar refractivity (Wildman–Crippen MR) is 436 cm³/mol. The lowest BCUT2D eigenvalue weighted by Crippen LogP contribution is -2.65. The third kappa shape index (κ3) is 29.3. The Hall–Kier alpha value is -11.4. The number of amides is 14. The van der Waals surface area contributed by atoms with E-state index in [1.165, 1.54) is 29.2 Å². The van der Waals surface area contributed by atoms with Crippen molar-refractivity contribution in [2.24, 2.45) is 56.6 Å². The summed E-state index contributed by atoms with van der Waals surface area (Å²) in [7, 11) is 0. The van der Waals surface area contributed by atoms with Gasteiger partial charge >= 0.3 is 11.9 Å². The summed E-state index contributed by atoms with van der Waals surface area (Å²) in [6.45, 7) is 11.7. The van der Waals surface area contributed by atoms with Gasteiger partial charge in [0.15, 0.2) is 5.96 Å². The highest BCUT2D eigenvalue weighted by atomic mass is 16.4. The molecule has 3 fully saturated rings. The molecule has 119 heavy (non-hydrogen) atoms. The topological polar surface area (TPSA) is 636 Å². The van der Waals surface area contributed by atoms with Crippen LogP contribution < -0.4 is 82.3 Å². The maximum atomic E-state index is 16.4. The van der Waals surface area contributed by atoms with Crippen LogP contribution >= 0.6 is 0 Å². The highest BCUT2D eigenvalue weighted by Gasteiger charge is 2.49. The average Bonchev–Trinajstić information content (AvgIpc) is 1.76. The fourth-order valence-electron chi connectivity index (χ4n) is 14.7. The van der Waals surface area contributed by atoms with Gasteiger partial charge in [0.25, 0.3) is 11.8 Å². The summed E-state index contributed by atoms with van der Waals surface area (Å²) in [6, 6.07) is -8.09. The van der Waals surface area contributed by atoms with Crippen LogP contribution in [0.25, 0.3) is 10.9 Å². The summed E-state index contributed by atoms with van der Waals surface area (Å²) in [5, 5.41) is 53.8. The zero-order chi connectivity index (χ0) is 88.1. The van der Waals surface area contributed by atoms with Crippen LogP contribution in [-0.2, 0) is 89.6 Å². The number of phenolic OH excluding ortho intramolecular Hbond substituents is 1. The number of fused-ring (bicyclic) bond motifs is 2. The number of nitrogens with two attached hydrogens (primary N) is 6. The van der Waals surface area contributed by atoms with E-state index in [-0.39, 0.29) is 140 Å². The van der Waals surface area contributed by atoms with Crippen molar-refractivity contribution in [3.8, 4) is 5.75 Å². The Morgan fingerprint density at radius 1 is 0.597 bits per heavy atom. The number of carboxylic acids is 2. The first kappa shape index (κ1) is 96.5. The molecule has 0 aliphatic carbocycles. The van der Waals surface area contributed by atoms with Crippen molar-refractivity contribution in [1.29, 1.82) is 0 Å². The number of aliphatic imine (C=N–C) groups is 1. The molecule has 6 rings (SSSR count). The number of rotatable bonds is 40. The molecule has 0 saturated carbocycles. The summed E-state index contributed by atoms with van der Waals surface area (Å²) in [4.78, 5) is 244. The molecule has 13 atom stereocenters. The highest BCUT2D eigenvalue weighted by molar-refractivity contribution is 6.08. The van der Waals surface area contributed by atoms with Crippen molar-refractivity contribution in [3.05, 3.63) is 65.9 Å². The maximum Gasteiger partial charge on any atom is 0.303 e. The van der Waals surface area contributed by atoms with Crippen LogP contribution in [0, 0.1) is 17.3 Å². The van der Waals surface area contributed by atoms with Gasteiger partial charge in [-0.3, -0.25) is 86.6 Å². The minimum absolute atomic E-state index is 0.0293. The van der Waals surface area contributed by atoms with E-state index in [0.29, 0.717) is 28.9 Å². The summed E-state index contributed by atoms with van der Waals surface area (Å²) < 4.78 is 0. The Morgan fingerprint density at radius 3 is 1.82 bits per heavy atom. The van der Waals surface area contributed by atoms with Gasteiger partial charge < -0.3 is 112 Å². The number of carboxylic acid groups (broad SMARTS) is 2. The zero-order valence-electron chi connectivity index (χ0n) is 68.9. The van der Waals surface area contributed by atoms with Gasteiger partial charge in [-0.15, -0.1) is 0 Å². The number of unbranched alkanes of at least 4 members (excludes halogenated alkanes) is 2. The van der Waals surface area contributed by atoms with E-state index < -0.39 is 217 Å². The van der Waals surface area contributed by atoms with Gasteiger partial charge in [-0.1, -0.05) is 78.8 Å². The predicted octanol–water partition coefficient (Wildman–Crippen LogP) is -1.88. The van der Waals surface area contributed by atoms with Gasteiger partial charge in [0.05, 0.1) is 12.5 Å². The van der Waals surface area contributed by atoms with Crippen LogP contribution in [0.2, 0.25) is 0 Å². The number of primary amides is 1. The minimum Gasteiger partial charge on any atom is -0.508 e. The van der Waals surface area contributed by atoms with Crippen LogP contribution in [0.5, 0.6) is 5.75 Å². The Bertz CT molecular complexity index is 4110. The number of H-pyrrole nitrogens is 1. The number of aromatic hydroxyl groups is 1. The van der Waals surface area contributed by atoms with Crippen molar-refractivity contribution < 1.29 is 92.0 Å². The molecule has 3 saturated heterocycles. The molecule has 25 N–H and O–H groups in total. The van der Waals surface area contributed by atoms with E-state index >= 15 is 33.6 Å². The molecule has 0 radical (unpaired) electrons. The lowest BCUT2D eigenvalue weighted by Gasteiger charge is -2.38. The van der Waals surface area contributed by atoms with E-state index in [9.17, 15) is 58.5 Å². The second-order valence-electron chi connectivity index (χ2n) is 32.6.